The molecule has 0 bridgehead atoms. The number of carbonyl (C=O) groups is 3. The second-order valence-corrected chi connectivity index (χ2v) is 11.3. The van der Waals surface area contributed by atoms with Crippen molar-refractivity contribution >= 4 is 18.1 Å². The summed E-state index contributed by atoms with van der Waals surface area (Å²) in [5.41, 5.74) is 1.11. The lowest BCUT2D eigenvalue weighted by Crippen LogP contribution is -2.53. The van der Waals surface area contributed by atoms with Crippen LogP contribution in [0.2, 0.25) is 0 Å². The van der Waals surface area contributed by atoms with Crippen LogP contribution in [0.1, 0.15) is 52.7 Å². The lowest BCUT2D eigenvalue weighted by atomic mass is 9.91. The van der Waals surface area contributed by atoms with Crippen molar-refractivity contribution in [2.75, 3.05) is 6.61 Å². The minimum Gasteiger partial charge on any atom is -0.489 e. The molecule has 0 spiro atoms. The highest BCUT2D eigenvalue weighted by molar-refractivity contribution is 5.95. The predicted octanol–water partition coefficient (Wildman–Crippen LogP) is 4.70. The van der Waals surface area contributed by atoms with E-state index in [1.165, 1.54) is 0 Å². The van der Waals surface area contributed by atoms with Crippen LogP contribution in [0.4, 0.5) is 9.59 Å². The van der Waals surface area contributed by atoms with Gasteiger partial charge in [-0.05, 0) is 56.4 Å². The van der Waals surface area contributed by atoms with E-state index in [-0.39, 0.29) is 18.9 Å². The Hall–Kier alpha value is -3.59. The standard InChI is InChI=1S/C30H40N2O7/c1-19(2)25-18-38-29(36)32(25)27(34)20(3)26(33)24(31-28(35)39-30(4,5)6)16-21-12-14-23(15-13-21)37-17-22-10-8-7-9-11-22/h7-15,19-20,24-26,33H,16-18H2,1-6H3,(H,31,35)/t20-,24-,25+,26-/m0/s1. The molecule has 2 aromatic carbocycles. The van der Waals surface area contributed by atoms with E-state index in [2.05, 4.69) is 5.32 Å². The summed E-state index contributed by atoms with van der Waals surface area (Å²) < 4.78 is 16.4. The number of rotatable bonds is 10. The van der Waals surface area contributed by atoms with E-state index in [4.69, 9.17) is 14.2 Å². The monoisotopic (exact) mass is 540 g/mol. The van der Waals surface area contributed by atoms with E-state index >= 15 is 0 Å². The molecule has 3 amide bonds. The Morgan fingerprint density at radius 1 is 1.05 bits per heavy atom. The van der Waals surface area contributed by atoms with Gasteiger partial charge in [0.2, 0.25) is 5.91 Å². The van der Waals surface area contributed by atoms with Crippen molar-refractivity contribution in [1.29, 1.82) is 0 Å². The fourth-order valence-corrected chi connectivity index (χ4v) is 4.33. The molecule has 2 N–H and O–H groups in total. The molecule has 0 aromatic heterocycles. The van der Waals surface area contributed by atoms with Crippen molar-refractivity contribution in [3.8, 4) is 5.75 Å². The Kier molecular flexibility index (Phi) is 9.97. The Morgan fingerprint density at radius 2 is 1.69 bits per heavy atom. The molecule has 0 saturated carbocycles. The highest BCUT2D eigenvalue weighted by atomic mass is 16.6. The molecule has 2 aromatic rings. The first-order valence-corrected chi connectivity index (χ1v) is 13.3. The first-order chi connectivity index (χ1) is 18.4. The van der Waals surface area contributed by atoms with Crippen LogP contribution in [0.3, 0.4) is 0 Å². The number of nitrogens with zero attached hydrogens (tertiary/aromatic N) is 1. The molecule has 0 radical (unpaired) electrons. The molecule has 39 heavy (non-hydrogen) atoms. The lowest BCUT2D eigenvalue weighted by Gasteiger charge is -2.32. The summed E-state index contributed by atoms with van der Waals surface area (Å²) in [5, 5.41) is 14.0. The molecule has 1 heterocycles. The number of alkyl carbamates (subject to hydrolysis) is 1. The minimum atomic E-state index is -1.31. The van der Waals surface area contributed by atoms with Crippen LogP contribution in [0.15, 0.2) is 54.6 Å². The molecule has 0 aliphatic carbocycles. The minimum absolute atomic E-state index is 0.0111. The number of nitrogens with one attached hydrogen (secondary N) is 1. The zero-order valence-electron chi connectivity index (χ0n) is 23.5. The maximum atomic E-state index is 13.3. The van der Waals surface area contributed by atoms with Crippen LogP contribution >= 0.6 is 0 Å². The van der Waals surface area contributed by atoms with Gasteiger partial charge in [-0.2, -0.15) is 0 Å². The van der Waals surface area contributed by atoms with Crippen LogP contribution in [0.25, 0.3) is 0 Å². The normalized spacial score (nSPS) is 17.8. The van der Waals surface area contributed by atoms with Crippen molar-refractivity contribution in [2.24, 2.45) is 11.8 Å². The summed E-state index contributed by atoms with van der Waals surface area (Å²) in [6.07, 6.45) is -2.52. The molecule has 1 aliphatic heterocycles. The van der Waals surface area contributed by atoms with Gasteiger partial charge >= 0.3 is 12.2 Å². The maximum Gasteiger partial charge on any atom is 0.416 e. The average Bonchev–Trinajstić information content (AvgIpc) is 3.27. The van der Waals surface area contributed by atoms with Crippen molar-refractivity contribution in [3.05, 3.63) is 65.7 Å². The van der Waals surface area contributed by atoms with Crippen LogP contribution in [-0.4, -0.2) is 58.5 Å². The quantitative estimate of drug-likeness (QED) is 0.449. The summed E-state index contributed by atoms with van der Waals surface area (Å²) in [6, 6.07) is 15.8. The van der Waals surface area contributed by atoms with Crippen LogP contribution < -0.4 is 10.1 Å². The third-order valence-electron chi connectivity index (χ3n) is 6.56. The third kappa shape index (κ3) is 8.45. The molecule has 9 nitrogen and oxygen atoms in total. The Labute approximate surface area is 230 Å². The first-order valence-electron chi connectivity index (χ1n) is 13.3. The zero-order valence-corrected chi connectivity index (χ0v) is 23.5. The van der Waals surface area contributed by atoms with Crippen molar-refractivity contribution in [2.45, 2.75) is 78.4 Å². The molecule has 9 heteroatoms. The molecule has 1 fully saturated rings. The molecule has 3 rings (SSSR count). The predicted molar refractivity (Wildman–Crippen MR) is 146 cm³/mol. The molecule has 1 saturated heterocycles. The Morgan fingerprint density at radius 3 is 2.28 bits per heavy atom. The van der Waals surface area contributed by atoms with Crippen molar-refractivity contribution in [1.82, 2.24) is 10.2 Å². The molecule has 1 aliphatic rings. The summed E-state index contributed by atoms with van der Waals surface area (Å²) in [4.78, 5) is 39.4. The largest absolute Gasteiger partial charge is 0.489 e. The lowest BCUT2D eigenvalue weighted by molar-refractivity contribution is -0.137. The number of hydrogen-bond acceptors (Lipinski definition) is 7. The molecule has 0 unspecified atom stereocenters. The molecule has 212 valence electrons. The van der Waals surface area contributed by atoms with Gasteiger partial charge in [-0.1, -0.05) is 63.2 Å². The van der Waals surface area contributed by atoms with Gasteiger partial charge in [0.25, 0.3) is 0 Å². The number of aliphatic hydroxyl groups excluding tert-OH is 1. The van der Waals surface area contributed by atoms with Crippen LogP contribution in [0, 0.1) is 11.8 Å². The van der Waals surface area contributed by atoms with E-state index in [1.54, 1.807) is 27.7 Å². The summed E-state index contributed by atoms with van der Waals surface area (Å²) in [6.45, 7) is 11.1. The second kappa shape index (κ2) is 13.0. The van der Waals surface area contributed by atoms with Gasteiger partial charge in [-0.3, -0.25) is 4.79 Å². The van der Waals surface area contributed by atoms with Gasteiger partial charge in [0.15, 0.2) is 0 Å². The topological polar surface area (TPSA) is 114 Å². The number of cyclic esters (lactones) is 1. The number of hydrogen-bond donors (Lipinski definition) is 2. The number of amides is 3. The Bertz CT molecular complexity index is 1110. The maximum absolute atomic E-state index is 13.3. The fourth-order valence-electron chi connectivity index (χ4n) is 4.33. The summed E-state index contributed by atoms with van der Waals surface area (Å²) in [5.74, 6) is -0.881. The van der Waals surface area contributed by atoms with E-state index in [1.807, 2.05) is 68.4 Å². The number of imide groups is 1. The van der Waals surface area contributed by atoms with Gasteiger partial charge < -0.3 is 24.6 Å². The van der Waals surface area contributed by atoms with E-state index in [9.17, 15) is 19.5 Å². The van der Waals surface area contributed by atoms with Crippen molar-refractivity contribution < 1.29 is 33.7 Å². The molecular weight excluding hydrogens is 500 g/mol. The van der Waals surface area contributed by atoms with E-state index in [0.29, 0.717) is 12.4 Å². The van der Waals surface area contributed by atoms with Crippen molar-refractivity contribution in [3.63, 3.8) is 0 Å². The number of ether oxygens (including phenoxy) is 3. The fraction of sp³-hybridized carbons (Fsp3) is 0.500. The summed E-state index contributed by atoms with van der Waals surface area (Å²) in [7, 11) is 0. The number of aliphatic hydroxyl groups is 1. The Balaban J connectivity index is 1.74. The van der Waals surface area contributed by atoms with Crippen LogP contribution in [0.5, 0.6) is 5.75 Å². The average molecular weight is 541 g/mol. The highest BCUT2D eigenvalue weighted by Gasteiger charge is 2.44. The molecule has 4 atom stereocenters. The number of carbonyl (C=O) groups excluding carboxylic acids is 3. The van der Waals surface area contributed by atoms with E-state index < -0.39 is 47.8 Å². The first kappa shape index (κ1) is 30.0. The molecular formula is C30H40N2O7. The van der Waals surface area contributed by atoms with Crippen LogP contribution in [-0.2, 0) is 27.3 Å². The zero-order chi connectivity index (χ0) is 28.7. The van der Waals surface area contributed by atoms with Gasteiger partial charge in [0, 0.05) is 0 Å². The second-order valence-electron chi connectivity index (χ2n) is 11.3. The smallest absolute Gasteiger partial charge is 0.416 e. The number of benzene rings is 2. The SMILES string of the molecule is CC(C)[C@H]1COC(=O)N1C(=O)[C@@H](C)[C@H](O)[C@H](Cc1ccc(OCc2ccccc2)cc1)NC(=O)OC(C)(C)C. The van der Waals surface area contributed by atoms with E-state index in [0.717, 1.165) is 16.0 Å². The summed E-state index contributed by atoms with van der Waals surface area (Å²) >= 11 is 0. The van der Waals surface area contributed by atoms with Gasteiger partial charge in [-0.25, -0.2) is 14.5 Å². The van der Waals surface area contributed by atoms with Gasteiger partial charge in [0.1, 0.15) is 24.6 Å². The third-order valence-corrected chi connectivity index (χ3v) is 6.56. The van der Waals surface area contributed by atoms with Gasteiger partial charge in [0.05, 0.1) is 24.1 Å². The highest BCUT2D eigenvalue weighted by Crippen LogP contribution is 2.25. The van der Waals surface area contributed by atoms with Gasteiger partial charge in [-0.15, -0.1) is 0 Å².